The molecule has 8 heteroatoms. The topological polar surface area (TPSA) is 79.6 Å². The third-order valence-corrected chi connectivity index (χ3v) is 3.89. The molecule has 0 radical (unpaired) electrons. The number of amides is 1. The number of nitrogens with zero attached hydrogens (tertiary/aromatic N) is 4. The molecule has 0 aromatic carbocycles. The van der Waals surface area contributed by atoms with Crippen LogP contribution in [0.1, 0.15) is 18.4 Å². The van der Waals surface area contributed by atoms with Crippen molar-refractivity contribution >= 4 is 17.5 Å². The quantitative estimate of drug-likeness (QED) is 0.481. The molecule has 1 aromatic heterocycles. The van der Waals surface area contributed by atoms with Crippen molar-refractivity contribution < 1.29 is 9.72 Å². The predicted octanol–water partition coefficient (Wildman–Crippen LogP) is 1.62. The minimum atomic E-state index is -0.382. The van der Waals surface area contributed by atoms with Crippen molar-refractivity contribution in [1.29, 1.82) is 0 Å². The van der Waals surface area contributed by atoms with Gasteiger partial charge in [-0.15, -0.1) is 0 Å². The molecule has 0 N–H and O–H groups in total. The first-order chi connectivity index (χ1) is 10.1. The maximum Gasteiger partial charge on any atom is 0.287 e. The molecule has 1 saturated heterocycles. The summed E-state index contributed by atoms with van der Waals surface area (Å²) in [6.45, 7) is 1.55. The van der Waals surface area contributed by atoms with Crippen LogP contribution in [0.4, 0.5) is 0 Å². The molecule has 0 bridgehead atoms. The minimum absolute atomic E-state index is 0.0488. The van der Waals surface area contributed by atoms with Crippen molar-refractivity contribution in [2.24, 2.45) is 0 Å². The molecule has 0 atom stereocenters. The zero-order chi connectivity index (χ0) is 15.0. The number of hydrogen-bond acceptors (Lipinski definition) is 5. The molecular formula is C13H13ClN4O3. The number of pyridine rings is 1. The Hall–Kier alpha value is -2.15. The van der Waals surface area contributed by atoms with Crippen LogP contribution in [0.15, 0.2) is 29.8 Å². The minimum Gasteiger partial charge on any atom is -0.346 e. The average molecular weight is 309 g/mol. The van der Waals surface area contributed by atoms with Gasteiger partial charge in [-0.1, -0.05) is 17.7 Å². The van der Waals surface area contributed by atoms with Gasteiger partial charge in [0.15, 0.2) is 5.82 Å². The first-order valence-electron chi connectivity index (χ1n) is 6.59. The van der Waals surface area contributed by atoms with Gasteiger partial charge in [0.2, 0.25) is 5.91 Å². The second kappa shape index (κ2) is 5.33. The van der Waals surface area contributed by atoms with Gasteiger partial charge in [0.1, 0.15) is 5.15 Å². The van der Waals surface area contributed by atoms with Gasteiger partial charge >= 0.3 is 0 Å². The van der Waals surface area contributed by atoms with Crippen molar-refractivity contribution in [2.75, 3.05) is 13.1 Å². The lowest BCUT2D eigenvalue weighted by Gasteiger charge is -2.26. The molecular weight excluding hydrogens is 296 g/mol. The molecule has 2 aliphatic rings. The van der Waals surface area contributed by atoms with E-state index in [-0.39, 0.29) is 29.4 Å². The lowest BCUT2D eigenvalue weighted by molar-refractivity contribution is -0.431. The number of hydrogen-bond donors (Lipinski definition) is 0. The van der Waals surface area contributed by atoms with Crippen molar-refractivity contribution in [3.8, 4) is 0 Å². The molecule has 3 heterocycles. The Morgan fingerprint density at radius 3 is 2.81 bits per heavy atom. The molecule has 2 aliphatic heterocycles. The summed E-state index contributed by atoms with van der Waals surface area (Å²) in [5.74, 6) is 0.388. The van der Waals surface area contributed by atoms with E-state index >= 15 is 0 Å². The summed E-state index contributed by atoms with van der Waals surface area (Å²) in [5.41, 5.74) is 1.02. The van der Waals surface area contributed by atoms with E-state index in [1.165, 1.54) is 4.90 Å². The third kappa shape index (κ3) is 2.56. The normalized spacial score (nSPS) is 18.2. The van der Waals surface area contributed by atoms with Crippen molar-refractivity contribution in [3.05, 3.63) is 50.7 Å². The zero-order valence-corrected chi connectivity index (χ0v) is 11.9. The number of carbonyl (C=O) groups excluding carboxylic acids is 1. The van der Waals surface area contributed by atoms with Gasteiger partial charge in [-0.3, -0.25) is 19.8 Å². The highest BCUT2D eigenvalue weighted by molar-refractivity contribution is 6.29. The molecule has 0 saturated carbocycles. The molecule has 3 rings (SSSR count). The molecule has 1 amide bonds. The number of halogens is 1. The van der Waals surface area contributed by atoms with E-state index in [4.69, 9.17) is 11.6 Å². The molecule has 0 spiro atoms. The Morgan fingerprint density at radius 1 is 1.33 bits per heavy atom. The highest BCUT2D eigenvalue weighted by atomic mass is 35.5. The second-order valence-electron chi connectivity index (χ2n) is 4.98. The fourth-order valence-corrected chi connectivity index (χ4v) is 2.82. The fraction of sp³-hybridized carbons (Fsp3) is 0.385. The van der Waals surface area contributed by atoms with E-state index in [1.54, 1.807) is 12.3 Å². The Bertz CT molecular complexity index is 629. The first-order valence-corrected chi connectivity index (χ1v) is 6.97. The number of rotatable bonds is 3. The third-order valence-electron chi connectivity index (χ3n) is 3.67. The molecule has 21 heavy (non-hydrogen) atoms. The molecule has 1 fully saturated rings. The highest BCUT2D eigenvalue weighted by Crippen LogP contribution is 2.31. The Labute approximate surface area is 126 Å². The number of allylic oxidation sites excluding steroid dienone is 1. The largest absolute Gasteiger partial charge is 0.346 e. The number of aromatic nitrogens is 1. The summed E-state index contributed by atoms with van der Waals surface area (Å²) in [5, 5.41) is 11.6. The van der Waals surface area contributed by atoms with Crippen molar-refractivity contribution in [3.63, 3.8) is 0 Å². The van der Waals surface area contributed by atoms with Crippen LogP contribution in [0.25, 0.3) is 0 Å². The van der Waals surface area contributed by atoms with Crippen LogP contribution in [-0.2, 0) is 11.3 Å². The summed E-state index contributed by atoms with van der Waals surface area (Å²) < 4.78 is 0. The van der Waals surface area contributed by atoms with Crippen molar-refractivity contribution in [2.45, 2.75) is 19.4 Å². The average Bonchev–Trinajstić information content (AvgIpc) is 2.86. The van der Waals surface area contributed by atoms with Crippen LogP contribution in [0.5, 0.6) is 0 Å². The predicted molar refractivity (Wildman–Crippen MR) is 74.6 cm³/mol. The number of fused-ring (bicyclic) bond motifs is 1. The van der Waals surface area contributed by atoms with Gasteiger partial charge < -0.3 is 4.90 Å². The smallest absolute Gasteiger partial charge is 0.287 e. The van der Waals surface area contributed by atoms with E-state index in [0.717, 1.165) is 5.56 Å². The van der Waals surface area contributed by atoms with Crippen LogP contribution in [0.3, 0.4) is 0 Å². The summed E-state index contributed by atoms with van der Waals surface area (Å²) in [7, 11) is 0. The standard InChI is InChI=1S/C13H13ClN4O3/c14-11-3-1-9(7-15-11)8-16-5-6-17-12(19)4-2-10(13(16)17)18(20)21/h1,3,7H,2,4-6,8H2. The van der Waals surface area contributed by atoms with E-state index < -0.39 is 0 Å². The van der Waals surface area contributed by atoms with Gasteiger partial charge in [-0.2, -0.15) is 0 Å². The van der Waals surface area contributed by atoms with Crippen LogP contribution in [-0.4, -0.2) is 38.7 Å². The molecule has 7 nitrogen and oxygen atoms in total. The van der Waals surface area contributed by atoms with Gasteiger partial charge in [0, 0.05) is 32.3 Å². The van der Waals surface area contributed by atoms with Gasteiger partial charge in [0.25, 0.3) is 5.70 Å². The lowest BCUT2D eigenvalue weighted by Crippen LogP contribution is -2.35. The van der Waals surface area contributed by atoms with Gasteiger partial charge in [0.05, 0.1) is 11.3 Å². The first kappa shape index (κ1) is 13.8. The molecule has 0 unspecified atom stereocenters. The summed E-state index contributed by atoms with van der Waals surface area (Å²) in [6.07, 6.45) is 2.03. The van der Waals surface area contributed by atoms with E-state index in [0.29, 0.717) is 30.6 Å². The van der Waals surface area contributed by atoms with Crippen LogP contribution in [0.2, 0.25) is 5.15 Å². The maximum absolute atomic E-state index is 11.9. The monoisotopic (exact) mass is 308 g/mol. The molecule has 110 valence electrons. The fourth-order valence-electron chi connectivity index (χ4n) is 2.70. The van der Waals surface area contributed by atoms with Crippen LogP contribution in [0, 0.1) is 10.1 Å². The zero-order valence-electron chi connectivity index (χ0n) is 11.2. The molecule has 1 aromatic rings. The number of nitro groups is 1. The Balaban J connectivity index is 1.90. The van der Waals surface area contributed by atoms with E-state index in [2.05, 4.69) is 4.98 Å². The van der Waals surface area contributed by atoms with Gasteiger partial charge in [-0.05, 0) is 11.6 Å². The maximum atomic E-state index is 11.9. The Morgan fingerprint density at radius 2 is 2.14 bits per heavy atom. The van der Waals surface area contributed by atoms with E-state index in [9.17, 15) is 14.9 Å². The lowest BCUT2D eigenvalue weighted by atomic mass is 10.1. The number of carbonyl (C=O) groups is 1. The van der Waals surface area contributed by atoms with Gasteiger partial charge in [-0.25, -0.2) is 4.98 Å². The SMILES string of the molecule is O=C1CCC([N+](=O)[O-])=C2N(Cc3ccc(Cl)nc3)CCN12. The summed E-state index contributed by atoms with van der Waals surface area (Å²) >= 11 is 5.75. The van der Waals surface area contributed by atoms with Crippen LogP contribution >= 0.6 is 11.6 Å². The highest BCUT2D eigenvalue weighted by Gasteiger charge is 2.40. The Kier molecular flexibility index (Phi) is 3.50. The summed E-state index contributed by atoms with van der Waals surface area (Å²) in [4.78, 5) is 30.1. The second-order valence-corrected chi connectivity index (χ2v) is 5.37. The van der Waals surface area contributed by atoms with Crippen LogP contribution < -0.4 is 0 Å². The van der Waals surface area contributed by atoms with Crippen molar-refractivity contribution in [1.82, 2.24) is 14.8 Å². The molecule has 0 aliphatic carbocycles. The summed E-state index contributed by atoms with van der Waals surface area (Å²) in [6, 6.07) is 3.51. The van der Waals surface area contributed by atoms with E-state index in [1.807, 2.05) is 11.0 Å².